The molecule has 1 nitrogen and oxygen atoms in total. The first-order valence-electron chi connectivity index (χ1n) is 7.47. The Bertz CT molecular complexity index is 261. The second-order valence-corrected chi connectivity index (χ2v) is 8.01. The molecule has 110 valence electrons. The van der Waals surface area contributed by atoms with Crippen molar-refractivity contribution >= 4 is 40.1 Å². The number of rotatable bonds is 12. The van der Waals surface area contributed by atoms with E-state index in [2.05, 4.69) is 25.6 Å². The molecule has 0 saturated heterocycles. The number of nitriles is 1. The summed E-state index contributed by atoms with van der Waals surface area (Å²) in [5.41, 5.74) is 0. The monoisotopic (exact) mass is 317 g/mol. The van der Waals surface area contributed by atoms with Gasteiger partial charge in [-0.1, -0.05) is 76.9 Å². The molecule has 1 atom stereocenters. The maximum atomic E-state index is 8.76. The highest BCUT2D eigenvalue weighted by Crippen LogP contribution is 2.24. The maximum absolute atomic E-state index is 8.76. The van der Waals surface area contributed by atoms with Crippen LogP contribution in [0.1, 0.15) is 77.6 Å². The van der Waals surface area contributed by atoms with Crippen molar-refractivity contribution in [3.05, 3.63) is 0 Å². The van der Waals surface area contributed by atoms with Gasteiger partial charge >= 0.3 is 0 Å². The van der Waals surface area contributed by atoms with Gasteiger partial charge in [0, 0.05) is 11.7 Å². The molecule has 0 rings (SSSR count). The number of thiol groups is 1. The summed E-state index contributed by atoms with van der Waals surface area (Å²) in [5.74, 6) is 0. The molecule has 1 unspecified atom stereocenters. The van der Waals surface area contributed by atoms with Crippen molar-refractivity contribution in [2.45, 2.75) is 82.8 Å². The van der Waals surface area contributed by atoms with Gasteiger partial charge in [-0.15, -0.1) is 24.4 Å². The first-order chi connectivity index (χ1) is 9.20. The van der Waals surface area contributed by atoms with Crippen molar-refractivity contribution in [2.24, 2.45) is 0 Å². The van der Waals surface area contributed by atoms with E-state index in [1.165, 1.54) is 57.8 Å². The lowest BCUT2D eigenvalue weighted by Crippen LogP contribution is -2.03. The van der Waals surface area contributed by atoms with Gasteiger partial charge in [0.05, 0.1) is 6.07 Å². The molecule has 0 saturated carbocycles. The lowest BCUT2D eigenvalue weighted by atomic mass is 10.1. The van der Waals surface area contributed by atoms with Crippen molar-refractivity contribution in [2.75, 3.05) is 0 Å². The van der Waals surface area contributed by atoms with Gasteiger partial charge in [-0.2, -0.15) is 5.26 Å². The third-order valence-corrected chi connectivity index (χ3v) is 4.76. The van der Waals surface area contributed by atoms with Crippen molar-refractivity contribution in [3.8, 4) is 6.07 Å². The average molecular weight is 318 g/mol. The minimum atomic E-state index is 0.347. The summed E-state index contributed by atoms with van der Waals surface area (Å²) in [5, 5.41) is 9.11. The highest BCUT2D eigenvalue weighted by Gasteiger charge is 2.09. The van der Waals surface area contributed by atoms with Gasteiger partial charge in [0.2, 0.25) is 0 Å². The first kappa shape index (κ1) is 19.3. The third-order valence-electron chi connectivity index (χ3n) is 3.22. The summed E-state index contributed by atoms with van der Waals surface area (Å²) in [7, 11) is 0. The molecule has 0 aromatic rings. The predicted octanol–water partition coefficient (Wildman–Crippen LogP) is 6.14. The molecule has 0 bridgehead atoms. The van der Waals surface area contributed by atoms with Gasteiger partial charge in [-0.3, -0.25) is 0 Å². The van der Waals surface area contributed by atoms with Crippen LogP contribution in [0.2, 0.25) is 0 Å². The Labute approximate surface area is 134 Å². The molecule has 0 heterocycles. The number of hydrogen-bond donors (Lipinski definition) is 1. The van der Waals surface area contributed by atoms with Gasteiger partial charge in [0.25, 0.3) is 0 Å². The Balaban J connectivity index is 3.40. The molecule has 0 fully saturated rings. The minimum Gasteiger partial charge on any atom is -0.198 e. The fraction of sp³-hybridized carbons (Fsp3) is 0.867. The molecule has 4 heteroatoms. The zero-order chi connectivity index (χ0) is 14.3. The Morgan fingerprint density at radius 2 is 1.63 bits per heavy atom. The van der Waals surface area contributed by atoms with Crippen LogP contribution in [0, 0.1) is 11.3 Å². The summed E-state index contributed by atoms with van der Waals surface area (Å²) in [4.78, 5) is 0. The summed E-state index contributed by atoms with van der Waals surface area (Å²) >= 11 is 10.7. The largest absolute Gasteiger partial charge is 0.198 e. The lowest BCUT2D eigenvalue weighted by molar-refractivity contribution is 0.553. The Kier molecular flexibility index (Phi) is 14.9. The van der Waals surface area contributed by atoms with E-state index in [-0.39, 0.29) is 0 Å². The minimum absolute atomic E-state index is 0.347. The molecule has 0 amide bonds. The van der Waals surface area contributed by atoms with E-state index in [9.17, 15) is 0 Å². The van der Waals surface area contributed by atoms with Crippen LogP contribution in [-0.4, -0.2) is 8.78 Å². The molecule has 0 aromatic carbocycles. The fourth-order valence-corrected chi connectivity index (χ4v) is 3.71. The van der Waals surface area contributed by atoms with Crippen molar-refractivity contribution in [3.63, 3.8) is 0 Å². The van der Waals surface area contributed by atoms with E-state index in [4.69, 9.17) is 17.5 Å². The summed E-state index contributed by atoms with van der Waals surface area (Å²) < 4.78 is 0.663. The predicted molar refractivity (Wildman–Crippen MR) is 95.0 cm³/mol. The molecule has 0 spiro atoms. The van der Waals surface area contributed by atoms with Crippen LogP contribution in [0.5, 0.6) is 0 Å². The van der Waals surface area contributed by atoms with E-state index in [1.54, 1.807) is 11.8 Å². The van der Waals surface area contributed by atoms with Gasteiger partial charge in [0.15, 0.2) is 0 Å². The molecule has 19 heavy (non-hydrogen) atoms. The lowest BCUT2D eigenvalue weighted by Gasteiger charge is -2.11. The first-order valence-corrected chi connectivity index (χ1v) is 9.20. The van der Waals surface area contributed by atoms with Gasteiger partial charge in [-0.25, -0.2) is 0 Å². The quantitative estimate of drug-likeness (QED) is 0.266. The summed E-state index contributed by atoms with van der Waals surface area (Å²) in [6, 6.07) is 2.24. The number of thiocarbonyl (C=S) groups is 1. The fourth-order valence-electron chi connectivity index (χ4n) is 2.13. The zero-order valence-electron chi connectivity index (χ0n) is 12.1. The SMILES string of the molecule is CCCCCCCCCCCC(CC#N)SC(=S)S. The molecule has 0 aliphatic heterocycles. The van der Waals surface area contributed by atoms with Crippen LogP contribution in [0.25, 0.3) is 0 Å². The molecule has 0 N–H and O–H groups in total. The van der Waals surface area contributed by atoms with Gasteiger partial charge in [0.1, 0.15) is 3.53 Å². The van der Waals surface area contributed by atoms with Gasteiger partial charge < -0.3 is 0 Å². The van der Waals surface area contributed by atoms with E-state index in [1.807, 2.05) is 0 Å². The molecule has 0 radical (unpaired) electrons. The number of nitrogens with zero attached hydrogens (tertiary/aromatic N) is 1. The van der Waals surface area contributed by atoms with Crippen LogP contribution in [0.15, 0.2) is 0 Å². The van der Waals surface area contributed by atoms with E-state index in [0.717, 1.165) is 6.42 Å². The second kappa shape index (κ2) is 14.7. The smallest absolute Gasteiger partial charge is 0.101 e. The zero-order valence-corrected chi connectivity index (χ0v) is 14.6. The molecular formula is C15H27NS3. The summed E-state index contributed by atoms with van der Waals surface area (Å²) in [6.45, 7) is 2.26. The summed E-state index contributed by atoms with van der Waals surface area (Å²) in [6.07, 6.45) is 13.8. The van der Waals surface area contributed by atoms with Crippen LogP contribution < -0.4 is 0 Å². The molecule has 0 aliphatic rings. The van der Waals surface area contributed by atoms with Crippen LogP contribution in [-0.2, 0) is 0 Å². The van der Waals surface area contributed by atoms with Crippen molar-refractivity contribution in [1.82, 2.24) is 0 Å². The number of hydrogen-bond acceptors (Lipinski definition) is 3. The topological polar surface area (TPSA) is 23.8 Å². The number of unbranched alkanes of at least 4 members (excludes halogenated alkanes) is 8. The standard InChI is InChI=1S/C15H27NS3/c1-2-3-4-5-6-7-8-9-10-11-14(12-13-16)19-15(17)18/h14H,2-12H2,1H3,(H,17,18). The van der Waals surface area contributed by atoms with E-state index < -0.39 is 0 Å². The molecule has 0 aromatic heterocycles. The Morgan fingerprint density at radius 1 is 1.11 bits per heavy atom. The molecule has 0 aliphatic carbocycles. The van der Waals surface area contributed by atoms with Crippen molar-refractivity contribution < 1.29 is 0 Å². The number of thioether (sulfide) groups is 1. The van der Waals surface area contributed by atoms with Crippen molar-refractivity contribution in [1.29, 1.82) is 5.26 Å². The maximum Gasteiger partial charge on any atom is 0.101 e. The highest BCUT2D eigenvalue weighted by molar-refractivity contribution is 8.41. The second-order valence-electron chi connectivity index (χ2n) is 4.99. The van der Waals surface area contributed by atoms with Crippen LogP contribution in [0.3, 0.4) is 0 Å². The third kappa shape index (κ3) is 14.5. The Morgan fingerprint density at radius 3 is 2.11 bits per heavy atom. The normalized spacial score (nSPS) is 12.1. The average Bonchev–Trinajstić information content (AvgIpc) is 2.36. The Hall–Kier alpha value is 0.280. The van der Waals surface area contributed by atoms with Crippen LogP contribution in [0.4, 0.5) is 0 Å². The molecular weight excluding hydrogens is 290 g/mol. The van der Waals surface area contributed by atoms with Crippen LogP contribution >= 0.6 is 36.6 Å². The van der Waals surface area contributed by atoms with Gasteiger partial charge in [-0.05, 0) is 6.42 Å². The van der Waals surface area contributed by atoms with E-state index in [0.29, 0.717) is 15.2 Å². The van der Waals surface area contributed by atoms with E-state index >= 15 is 0 Å². The highest BCUT2D eigenvalue weighted by atomic mass is 32.2.